The summed E-state index contributed by atoms with van der Waals surface area (Å²) in [6.45, 7) is 1.78. The van der Waals surface area contributed by atoms with Gasteiger partial charge in [-0.2, -0.15) is 4.98 Å². The first kappa shape index (κ1) is 12.0. The van der Waals surface area contributed by atoms with Crippen molar-refractivity contribution in [3.63, 3.8) is 0 Å². The highest BCUT2D eigenvalue weighted by molar-refractivity contribution is 5.90. The second kappa shape index (κ2) is 4.82. The van der Waals surface area contributed by atoms with Crippen molar-refractivity contribution >= 4 is 11.9 Å². The summed E-state index contributed by atoms with van der Waals surface area (Å²) in [4.78, 5) is 15.4. The third kappa shape index (κ3) is 2.62. The van der Waals surface area contributed by atoms with E-state index in [2.05, 4.69) is 20.5 Å². The largest absolute Gasteiger partial charge is 0.366 e. The maximum Gasteiger partial charge on any atom is 0.289 e. The summed E-state index contributed by atoms with van der Waals surface area (Å²) in [5.41, 5.74) is 6.09. The van der Waals surface area contributed by atoms with Gasteiger partial charge in [0.1, 0.15) is 5.82 Å². The van der Waals surface area contributed by atoms with Crippen molar-refractivity contribution in [2.24, 2.45) is 0 Å². The zero-order valence-corrected chi connectivity index (χ0v) is 9.64. The highest BCUT2D eigenvalue weighted by Crippen LogP contribution is 2.13. The molecule has 1 aromatic carbocycles. The van der Waals surface area contributed by atoms with Crippen LogP contribution in [0, 0.1) is 5.82 Å². The minimum absolute atomic E-state index is 0.00888. The van der Waals surface area contributed by atoms with Gasteiger partial charge in [0.15, 0.2) is 0 Å². The first-order valence-electron chi connectivity index (χ1n) is 5.30. The molecule has 1 heterocycles. The van der Waals surface area contributed by atoms with Crippen molar-refractivity contribution in [3.05, 3.63) is 41.5 Å². The summed E-state index contributed by atoms with van der Waals surface area (Å²) in [5, 5.41) is 8.67. The van der Waals surface area contributed by atoms with Gasteiger partial charge in [0.05, 0.1) is 6.04 Å². The molecule has 0 bridgehead atoms. The summed E-state index contributed by atoms with van der Waals surface area (Å²) in [7, 11) is 0. The average molecular weight is 249 g/mol. The topological polar surface area (TPSA) is 96.7 Å². The molecule has 0 radical (unpaired) electrons. The summed E-state index contributed by atoms with van der Waals surface area (Å²) >= 11 is 0. The second-order valence-electron chi connectivity index (χ2n) is 3.79. The highest BCUT2D eigenvalue weighted by Gasteiger charge is 2.14. The van der Waals surface area contributed by atoms with E-state index >= 15 is 0 Å². The molecule has 1 amide bonds. The fourth-order valence-corrected chi connectivity index (χ4v) is 1.48. The summed E-state index contributed by atoms with van der Waals surface area (Å²) in [6, 6.07) is 5.61. The van der Waals surface area contributed by atoms with Crippen LogP contribution in [0.25, 0.3) is 0 Å². The van der Waals surface area contributed by atoms with Gasteiger partial charge >= 0.3 is 0 Å². The quantitative estimate of drug-likeness (QED) is 0.756. The molecule has 0 saturated heterocycles. The van der Waals surface area contributed by atoms with Gasteiger partial charge in [-0.1, -0.05) is 12.1 Å². The predicted molar refractivity (Wildman–Crippen MR) is 63.1 cm³/mol. The molecule has 1 atom stereocenters. The number of anilines is 1. The third-order valence-electron chi connectivity index (χ3n) is 2.44. The number of hydrogen-bond donors (Lipinski definition) is 3. The van der Waals surface area contributed by atoms with Crippen LogP contribution in [0.15, 0.2) is 24.3 Å². The van der Waals surface area contributed by atoms with E-state index in [1.54, 1.807) is 19.1 Å². The molecule has 0 spiro atoms. The van der Waals surface area contributed by atoms with Crippen LogP contribution in [0.2, 0.25) is 0 Å². The van der Waals surface area contributed by atoms with E-state index in [0.717, 1.165) is 5.56 Å². The number of carbonyl (C=O) groups is 1. The summed E-state index contributed by atoms with van der Waals surface area (Å²) in [5.74, 6) is -0.688. The molecular formula is C11H12FN5O. The first-order valence-corrected chi connectivity index (χ1v) is 5.30. The van der Waals surface area contributed by atoms with Crippen molar-refractivity contribution in [3.8, 4) is 0 Å². The van der Waals surface area contributed by atoms with Gasteiger partial charge in [-0.25, -0.2) is 4.39 Å². The van der Waals surface area contributed by atoms with Gasteiger partial charge in [-0.15, -0.1) is 5.10 Å². The number of carbonyl (C=O) groups excluding carboxylic acids is 1. The minimum atomic E-state index is -0.420. The lowest BCUT2D eigenvalue weighted by Crippen LogP contribution is -2.27. The fraction of sp³-hybridized carbons (Fsp3) is 0.182. The number of nitrogen functional groups attached to an aromatic ring is 1. The van der Waals surface area contributed by atoms with Crippen LogP contribution in [-0.4, -0.2) is 21.1 Å². The molecule has 7 heteroatoms. The van der Waals surface area contributed by atoms with E-state index in [9.17, 15) is 9.18 Å². The Morgan fingerprint density at radius 3 is 2.67 bits per heavy atom. The SMILES string of the molecule is CC(NC(=O)c1nc(N)n[nH]1)c1ccc(F)cc1. The Morgan fingerprint density at radius 1 is 1.44 bits per heavy atom. The molecule has 18 heavy (non-hydrogen) atoms. The van der Waals surface area contributed by atoms with Crippen LogP contribution in [-0.2, 0) is 0 Å². The smallest absolute Gasteiger partial charge is 0.289 e. The Kier molecular flexibility index (Phi) is 3.22. The standard InChI is InChI=1S/C11H12FN5O/c1-6(7-2-4-8(12)5-3-7)14-10(18)9-15-11(13)17-16-9/h2-6H,1H3,(H,14,18)(H3,13,15,16,17). The normalized spacial score (nSPS) is 12.1. The molecule has 0 aliphatic carbocycles. The molecule has 2 aromatic rings. The Balaban J connectivity index is 2.05. The number of nitrogens with one attached hydrogen (secondary N) is 2. The van der Waals surface area contributed by atoms with Crippen molar-refractivity contribution in [1.29, 1.82) is 0 Å². The number of H-pyrrole nitrogens is 1. The molecule has 2 rings (SSSR count). The molecule has 0 aliphatic rings. The zero-order chi connectivity index (χ0) is 13.1. The number of nitrogens with two attached hydrogens (primary N) is 1. The van der Waals surface area contributed by atoms with Crippen molar-refractivity contribution in [2.75, 3.05) is 5.73 Å². The molecule has 6 nitrogen and oxygen atoms in total. The van der Waals surface area contributed by atoms with Gasteiger partial charge in [0.25, 0.3) is 5.91 Å². The molecule has 4 N–H and O–H groups in total. The Hall–Kier alpha value is -2.44. The van der Waals surface area contributed by atoms with E-state index in [4.69, 9.17) is 5.73 Å². The minimum Gasteiger partial charge on any atom is -0.366 e. The molecule has 0 aliphatic heterocycles. The molecule has 0 saturated carbocycles. The number of aromatic nitrogens is 3. The van der Waals surface area contributed by atoms with Gasteiger partial charge in [0.2, 0.25) is 11.8 Å². The fourth-order valence-electron chi connectivity index (χ4n) is 1.48. The second-order valence-corrected chi connectivity index (χ2v) is 3.79. The van der Waals surface area contributed by atoms with E-state index in [-0.39, 0.29) is 23.6 Å². The van der Waals surface area contributed by atoms with Crippen LogP contribution in [0.3, 0.4) is 0 Å². The van der Waals surface area contributed by atoms with Gasteiger partial charge in [-0.05, 0) is 24.6 Å². The van der Waals surface area contributed by atoms with Crippen molar-refractivity contribution < 1.29 is 9.18 Å². The summed E-state index contributed by atoms with van der Waals surface area (Å²) in [6.07, 6.45) is 0. The number of aromatic amines is 1. The van der Waals surface area contributed by atoms with E-state index in [1.165, 1.54) is 12.1 Å². The number of rotatable bonds is 3. The lowest BCUT2D eigenvalue weighted by atomic mass is 10.1. The third-order valence-corrected chi connectivity index (χ3v) is 2.44. The van der Waals surface area contributed by atoms with Crippen molar-refractivity contribution in [1.82, 2.24) is 20.5 Å². The van der Waals surface area contributed by atoms with E-state index in [1.807, 2.05) is 0 Å². The lowest BCUT2D eigenvalue weighted by molar-refractivity contribution is 0.0930. The van der Waals surface area contributed by atoms with Crippen LogP contribution in [0.5, 0.6) is 0 Å². The van der Waals surface area contributed by atoms with Gasteiger partial charge in [0, 0.05) is 0 Å². The maximum atomic E-state index is 12.8. The average Bonchev–Trinajstić information content (AvgIpc) is 2.76. The van der Waals surface area contributed by atoms with Crippen LogP contribution < -0.4 is 11.1 Å². The van der Waals surface area contributed by atoms with Gasteiger partial charge < -0.3 is 11.1 Å². The molecular weight excluding hydrogens is 237 g/mol. The first-order chi connectivity index (χ1) is 8.56. The molecule has 1 unspecified atom stereocenters. The maximum absolute atomic E-state index is 12.8. The van der Waals surface area contributed by atoms with E-state index < -0.39 is 5.91 Å². The Morgan fingerprint density at radius 2 is 2.11 bits per heavy atom. The molecule has 0 fully saturated rings. The Bertz CT molecular complexity index is 551. The number of amides is 1. The van der Waals surface area contributed by atoms with Crippen LogP contribution in [0.1, 0.15) is 29.1 Å². The monoisotopic (exact) mass is 249 g/mol. The highest BCUT2D eigenvalue weighted by atomic mass is 19.1. The summed E-state index contributed by atoms with van der Waals surface area (Å²) < 4.78 is 12.8. The van der Waals surface area contributed by atoms with Crippen LogP contribution >= 0.6 is 0 Å². The van der Waals surface area contributed by atoms with Gasteiger partial charge in [-0.3, -0.25) is 9.89 Å². The van der Waals surface area contributed by atoms with E-state index in [0.29, 0.717) is 0 Å². The van der Waals surface area contributed by atoms with Crippen molar-refractivity contribution in [2.45, 2.75) is 13.0 Å². The molecule has 1 aromatic heterocycles. The Labute approximate surface area is 102 Å². The zero-order valence-electron chi connectivity index (χ0n) is 9.64. The molecule has 94 valence electrons. The number of nitrogens with zero attached hydrogens (tertiary/aromatic N) is 2. The number of benzene rings is 1. The lowest BCUT2D eigenvalue weighted by Gasteiger charge is -2.12. The van der Waals surface area contributed by atoms with Crippen LogP contribution in [0.4, 0.5) is 10.3 Å². The number of halogens is 1. The predicted octanol–water partition coefficient (Wildman–Crippen LogP) is 1.02. The number of hydrogen-bond acceptors (Lipinski definition) is 4.